The molecule has 148 valence electrons. The van der Waals surface area contributed by atoms with Crippen molar-refractivity contribution in [1.29, 1.82) is 5.26 Å². The highest BCUT2D eigenvalue weighted by Gasteiger charge is 2.36. The van der Waals surface area contributed by atoms with Crippen LogP contribution in [0, 0.1) is 11.3 Å². The third-order valence-electron chi connectivity index (χ3n) is 6.15. The van der Waals surface area contributed by atoms with Crippen molar-refractivity contribution in [2.45, 2.75) is 24.8 Å². The van der Waals surface area contributed by atoms with E-state index in [1.807, 2.05) is 53.3 Å². The summed E-state index contributed by atoms with van der Waals surface area (Å²) in [6.45, 7) is 2.61. The number of fused-ring (bicyclic) bond motifs is 1. The maximum Gasteiger partial charge on any atom is 0.162 e. The molecule has 0 radical (unpaired) electrons. The Bertz CT molecular complexity index is 1180. The number of rotatable bonds is 4. The van der Waals surface area contributed by atoms with Gasteiger partial charge in [-0.25, -0.2) is 9.50 Å². The van der Waals surface area contributed by atoms with Crippen LogP contribution in [0.5, 0.6) is 0 Å². The molecule has 2 aromatic carbocycles. The van der Waals surface area contributed by atoms with Gasteiger partial charge in [-0.3, -0.25) is 4.90 Å². The van der Waals surface area contributed by atoms with Gasteiger partial charge < -0.3 is 0 Å². The lowest BCUT2D eigenvalue weighted by molar-refractivity contribution is 0.178. The third-order valence-corrected chi connectivity index (χ3v) is 6.15. The number of hydrogen-bond donors (Lipinski definition) is 0. The van der Waals surface area contributed by atoms with E-state index in [-0.39, 0.29) is 5.41 Å². The van der Waals surface area contributed by atoms with Crippen LogP contribution in [0.15, 0.2) is 79.3 Å². The summed E-state index contributed by atoms with van der Waals surface area (Å²) in [5.74, 6) is 0. The lowest BCUT2D eigenvalue weighted by atomic mass is 9.74. The topological polar surface area (TPSA) is 57.2 Å². The van der Waals surface area contributed by atoms with E-state index in [4.69, 9.17) is 4.98 Å². The summed E-state index contributed by atoms with van der Waals surface area (Å²) in [7, 11) is 0. The minimum Gasteiger partial charge on any atom is -0.299 e. The number of aromatic nitrogens is 3. The molecular weight excluding hydrogens is 370 g/mol. The molecule has 5 rings (SSSR count). The second-order valence-electron chi connectivity index (χ2n) is 7.99. The van der Waals surface area contributed by atoms with Crippen LogP contribution in [0.3, 0.4) is 0 Å². The third kappa shape index (κ3) is 3.36. The number of nitriles is 1. The quantitative estimate of drug-likeness (QED) is 0.514. The van der Waals surface area contributed by atoms with Crippen molar-refractivity contribution >= 4 is 5.65 Å². The molecule has 1 saturated heterocycles. The first kappa shape index (κ1) is 18.5. The van der Waals surface area contributed by atoms with E-state index in [9.17, 15) is 5.26 Å². The Morgan fingerprint density at radius 1 is 0.933 bits per heavy atom. The molecule has 4 aromatic rings. The van der Waals surface area contributed by atoms with E-state index < -0.39 is 0 Å². The van der Waals surface area contributed by atoms with Gasteiger partial charge in [0.1, 0.15) is 0 Å². The van der Waals surface area contributed by atoms with Gasteiger partial charge in [0.25, 0.3) is 0 Å². The van der Waals surface area contributed by atoms with Crippen molar-refractivity contribution in [3.05, 3.63) is 90.4 Å². The van der Waals surface area contributed by atoms with Crippen LogP contribution < -0.4 is 0 Å². The molecular formula is C25H23N5. The van der Waals surface area contributed by atoms with Crippen LogP contribution in [0.25, 0.3) is 16.8 Å². The van der Waals surface area contributed by atoms with Gasteiger partial charge in [-0.2, -0.15) is 10.4 Å². The highest BCUT2D eigenvalue weighted by atomic mass is 15.2. The minimum atomic E-state index is -0.369. The van der Waals surface area contributed by atoms with E-state index in [2.05, 4.69) is 46.5 Å². The summed E-state index contributed by atoms with van der Waals surface area (Å²) in [5, 5.41) is 14.4. The highest BCUT2D eigenvalue weighted by molar-refractivity contribution is 5.76. The summed E-state index contributed by atoms with van der Waals surface area (Å²) in [6.07, 6.45) is 7.60. The van der Waals surface area contributed by atoms with E-state index >= 15 is 0 Å². The van der Waals surface area contributed by atoms with Gasteiger partial charge >= 0.3 is 0 Å². The Hall–Kier alpha value is -3.49. The molecule has 3 heterocycles. The molecule has 0 atom stereocenters. The van der Waals surface area contributed by atoms with Crippen LogP contribution in [-0.2, 0) is 12.0 Å². The van der Waals surface area contributed by atoms with E-state index in [0.717, 1.165) is 60.4 Å². The lowest BCUT2D eigenvalue weighted by Gasteiger charge is -2.37. The standard InChI is InChI=1S/C25H23N5/c26-19-25(22-9-5-2-6-10-22)11-13-29(14-12-25)17-20-15-27-24-23(16-28-30(24)18-20)21-7-3-1-4-8-21/h1-10,15-16,18H,11-14,17H2. The molecule has 5 heteroatoms. The fourth-order valence-electron chi connectivity index (χ4n) is 4.39. The first-order chi connectivity index (χ1) is 14.8. The predicted octanol–water partition coefficient (Wildman–Crippen LogP) is 4.45. The van der Waals surface area contributed by atoms with Gasteiger partial charge in [0.05, 0.1) is 17.7 Å². The van der Waals surface area contributed by atoms with E-state index in [1.54, 1.807) is 0 Å². The number of piperidine rings is 1. The Labute approximate surface area is 176 Å². The molecule has 0 amide bonds. The maximum atomic E-state index is 9.90. The van der Waals surface area contributed by atoms with Crippen LogP contribution in [0.2, 0.25) is 0 Å². The molecule has 2 aromatic heterocycles. The van der Waals surface area contributed by atoms with Crippen LogP contribution in [-0.4, -0.2) is 32.6 Å². The fourth-order valence-corrected chi connectivity index (χ4v) is 4.39. The molecule has 0 spiro atoms. The predicted molar refractivity (Wildman–Crippen MR) is 117 cm³/mol. The second-order valence-corrected chi connectivity index (χ2v) is 7.99. The summed E-state index contributed by atoms with van der Waals surface area (Å²) >= 11 is 0. The van der Waals surface area contributed by atoms with Gasteiger partial charge in [-0.1, -0.05) is 60.7 Å². The number of hydrogen-bond acceptors (Lipinski definition) is 4. The van der Waals surface area contributed by atoms with Gasteiger partial charge in [0.2, 0.25) is 0 Å². The Morgan fingerprint density at radius 2 is 1.63 bits per heavy atom. The van der Waals surface area contributed by atoms with Gasteiger partial charge in [-0.05, 0) is 24.0 Å². The molecule has 30 heavy (non-hydrogen) atoms. The Balaban J connectivity index is 1.31. The zero-order chi connectivity index (χ0) is 20.4. The van der Waals surface area contributed by atoms with Crippen molar-refractivity contribution in [3.63, 3.8) is 0 Å². The molecule has 0 unspecified atom stereocenters. The smallest absolute Gasteiger partial charge is 0.162 e. The molecule has 0 saturated carbocycles. The Morgan fingerprint density at radius 3 is 2.33 bits per heavy atom. The minimum absolute atomic E-state index is 0.369. The fraction of sp³-hybridized carbons (Fsp3) is 0.240. The molecule has 0 N–H and O–H groups in total. The molecule has 5 nitrogen and oxygen atoms in total. The van der Waals surface area contributed by atoms with E-state index in [1.165, 1.54) is 0 Å². The first-order valence-electron chi connectivity index (χ1n) is 10.3. The molecule has 1 aliphatic rings. The number of benzene rings is 2. The van der Waals surface area contributed by atoms with Crippen LogP contribution in [0.1, 0.15) is 24.0 Å². The summed E-state index contributed by atoms with van der Waals surface area (Å²) in [5.41, 5.74) is 4.94. The summed E-state index contributed by atoms with van der Waals surface area (Å²) in [4.78, 5) is 7.10. The van der Waals surface area contributed by atoms with Crippen molar-refractivity contribution in [1.82, 2.24) is 19.5 Å². The largest absolute Gasteiger partial charge is 0.299 e. The first-order valence-corrected chi connectivity index (χ1v) is 10.3. The zero-order valence-electron chi connectivity index (χ0n) is 16.8. The molecule has 1 aliphatic heterocycles. The van der Waals surface area contributed by atoms with Gasteiger partial charge in [0, 0.05) is 43.2 Å². The summed E-state index contributed by atoms with van der Waals surface area (Å²) < 4.78 is 1.87. The molecule has 0 bridgehead atoms. The molecule has 1 fully saturated rings. The normalized spacial score (nSPS) is 16.4. The average Bonchev–Trinajstić information content (AvgIpc) is 3.24. The van der Waals surface area contributed by atoms with Gasteiger partial charge in [-0.15, -0.1) is 0 Å². The van der Waals surface area contributed by atoms with Crippen molar-refractivity contribution in [2.75, 3.05) is 13.1 Å². The highest BCUT2D eigenvalue weighted by Crippen LogP contribution is 2.35. The van der Waals surface area contributed by atoms with Crippen molar-refractivity contribution in [3.8, 4) is 17.2 Å². The van der Waals surface area contributed by atoms with Crippen LogP contribution in [0.4, 0.5) is 0 Å². The maximum absolute atomic E-state index is 9.90. The van der Waals surface area contributed by atoms with Crippen molar-refractivity contribution < 1.29 is 0 Å². The molecule has 0 aliphatic carbocycles. The number of nitrogens with zero attached hydrogens (tertiary/aromatic N) is 5. The van der Waals surface area contributed by atoms with Crippen LogP contribution >= 0.6 is 0 Å². The second kappa shape index (κ2) is 7.74. The summed E-state index contributed by atoms with van der Waals surface area (Å²) in [6, 6.07) is 23.0. The monoisotopic (exact) mass is 393 g/mol. The Kier molecular flexibility index (Phi) is 4.78. The SMILES string of the molecule is N#CC1(c2ccccc2)CCN(Cc2cnc3c(-c4ccccc4)cnn3c2)CC1. The zero-order valence-corrected chi connectivity index (χ0v) is 16.8. The van der Waals surface area contributed by atoms with Gasteiger partial charge in [0.15, 0.2) is 5.65 Å². The lowest BCUT2D eigenvalue weighted by Crippen LogP contribution is -2.41. The van der Waals surface area contributed by atoms with Crippen molar-refractivity contribution in [2.24, 2.45) is 0 Å². The average molecular weight is 393 g/mol. The number of likely N-dealkylation sites (tertiary alicyclic amines) is 1. The van der Waals surface area contributed by atoms with E-state index in [0.29, 0.717) is 0 Å².